The summed E-state index contributed by atoms with van der Waals surface area (Å²) < 4.78 is 41.9. The molecule has 7 heteroatoms. The monoisotopic (exact) mass is 536 g/mol. The van der Waals surface area contributed by atoms with E-state index in [0.717, 1.165) is 25.4 Å². The minimum absolute atomic E-state index is 0.168. The first-order chi connectivity index (χ1) is 12.1. The maximum absolute atomic E-state index is 13.3. The zero-order valence-corrected chi connectivity index (χ0v) is 18.1. The molecule has 1 unspecified atom stereocenters. The van der Waals surface area contributed by atoms with Gasteiger partial charge in [-0.05, 0) is 88.6 Å². The Kier molecular flexibility index (Phi) is 5.40. The van der Waals surface area contributed by atoms with Crippen LogP contribution in [0.4, 0.5) is 18.9 Å². The summed E-state index contributed by atoms with van der Waals surface area (Å²) in [4.78, 5) is 6.60. The topological polar surface area (TPSA) is 15.6 Å². The Morgan fingerprint density at radius 1 is 1.27 bits per heavy atom. The second kappa shape index (κ2) is 7.14. The lowest BCUT2D eigenvalue weighted by atomic mass is 9.95. The number of rotatable bonds is 2. The molecule has 0 fully saturated rings. The molecule has 0 amide bonds. The van der Waals surface area contributed by atoms with Crippen molar-refractivity contribution in [3.8, 4) is 0 Å². The van der Waals surface area contributed by atoms with E-state index in [9.17, 15) is 13.2 Å². The van der Waals surface area contributed by atoms with E-state index < -0.39 is 11.7 Å². The Bertz CT molecular complexity index is 880. The highest BCUT2D eigenvalue weighted by atomic mass is 127. The summed E-state index contributed by atoms with van der Waals surface area (Å²) in [6.07, 6.45) is -2.70. The molecular formula is C19H17BrF3IN2. The molecule has 0 N–H and O–H groups in total. The van der Waals surface area contributed by atoms with Crippen molar-refractivity contribution in [2.45, 2.75) is 39.2 Å². The second-order valence-electron chi connectivity index (χ2n) is 6.34. The van der Waals surface area contributed by atoms with Crippen LogP contribution in [0.3, 0.4) is 0 Å². The molecular weight excluding hydrogens is 520 g/mol. The van der Waals surface area contributed by atoms with Crippen LogP contribution in [0.15, 0.2) is 39.8 Å². The third-order valence-corrected chi connectivity index (χ3v) is 7.02. The van der Waals surface area contributed by atoms with Crippen molar-refractivity contribution in [1.29, 1.82) is 0 Å². The predicted octanol–water partition coefficient (Wildman–Crippen LogP) is 6.73. The Balaban J connectivity index is 2.10. The molecule has 0 aromatic heterocycles. The minimum Gasteiger partial charge on any atom is -0.342 e. The highest BCUT2D eigenvalue weighted by Gasteiger charge is 2.35. The number of fused-ring (bicyclic) bond motifs is 1. The molecule has 1 aliphatic heterocycles. The van der Waals surface area contributed by atoms with Crippen LogP contribution in [0, 0.1) is 10.5 Å². The van der Waals surface area contributed by atoms with Crippen LogP contribution in [-0.4, -0.2) is 12.4 Å². The van der Waals surface area contributed by atoms with Crippen molar-refractivity contribution in [1.82, 2.24) is 0 Å². The fourth-order valence-corrected chi connectivity index (χ4v) is 4.26. The second-order valence-corrected chi connectivity index (χ2v) is 8.35. The average molecular weight is 537 g/mol. The smallest absolute Gasteiger partial charge is 0.342 e. The number of nitrogens with zero attached hydrogens (tertiary/aromatic N) is 2. The first-order valence-corrected chi connectivity index (χ1v) is 9.95. The van der Waals surface area contributed by atoms with Gasteiger partial charge in [0.1, 0.15) is 6.17 Å². The predicted molar refractivity (Wildman–Crippen MR) is 111 cm³/mol. The SMILES string of the molecule is Cc1c(C(C)N2c3cc(Br)c(I)cc3C=N[C@@H]2C)cccc1C(F)(F)F. The molecule has 26 heavy (non-hydrogen) atoms. The summed E-state index contributed by atoms with van der Waals surface area (Å²) in [6, 6.07) is 8.16. The average Bonchev–Trinajstić information content (AvgIpc) is 2.55. The van der Waals surface area contributed by atoms with Gasteiger partial charge >= 0.3 is 6.18 Å². The molecule has 3 rings (SSSR count). The van der Waals surface area contributed by atoms with Gasteiger partial charge in [-0.1, -0.05) is 12.1 Å². The van der Waals surface area contributed by atoms with Crippen molar-refractivity contribution in [2.75, 3.05) is 4.90 Å². The fraction of sp³-hybridized carbons (Fsp3) is 0.316. The Morgan fingerprint density at radius 3 is 2.62 bits per heavy atom. The maximum Gasteiger partial charge on any atom is 0.416 e. The molecule has 138 valence electrons. The lowest BCUT2D eigenvalue weighted by Crippen LogP contribution is -2.37. The number of alkyl halides is 3. The quantitative estimate of drug-likeness (QED) is 0.389. The molecule has 2 aromatic rings. The van der Waals surface area contributed by atoms with Crippen molar-refractivity contribution in [2.24, 2.45) is 4.99 Å². The van der Waals surface area contributed by atoms with Crippen molar-refractivity contribution >= 4 is 50.4 Å². The van der Waals surface area contributed by atoms with Crippen LogP contribution in [-0.2, 0) is 6.18 Å². The first-order valence-electron chi connectivity index (χ1n) is 8.08. The van der Waals surface area contributed by atoms with E-state index in [1.54, 1.807) is 6.07 Å². The van der Waals surface area contributed by atoms with Gasteiger partial charge in [0, 0.05) is 25.5 Å². The fourth-order valence-electron chi connectivity index (χ4n) is 3.44. The molecule has 0 radical (unpaired) electrons. The minimum atomic E-state index is -4.36. The molecule has 0 saturated heterocycles. The zero-order valence-electron chi connectivity index (χ0n) is 14.4. The number of hydrogen-bond donors (Lipinski definition) is 0. The number of benzene rings is 2. The van der Waals surface area contributed by atoms with E-state index in [2.05, 4.69) is 48.4 Å². The summed E-state index contributed by atoms with van der Waals surface area (Å²) in [6.45, 7) is 5.41. The van der Waals surface area contributed by atoms with Gasteiger partial charge in [-0.15, -0.1) is 0 Å². The highest BCUT2D eigenvalue weighted by Crippen LogP contribution is 2.40. The number of hydrogen-bond acceptors (Lipinski definition) is 2. The lowest BCUT2D eigenvalue weighted by Gasteiger charge is -2.39. The third kappa shape index (κ3) is 3.52. The molecule has 2 atom stereocenters. The standard InChI is InChI=1S/C19H17BrF3IN2/c1-10-14(5-4-6-15(10)19(21,22)23)11(2)26-12(3)25-9-13-7-17(24)16(20)8-18(13)26/h4-9,11-12H,1-3H3/t11?,12-/m0/s1. The van der Waals surface area contributed by atoms with Crippen molar-refractivity contribution in [3.63, 3.8) is 0 Å². The van der Waals surface area contributed by atoms with Crippen LogP contribution in [0.5, 0.6) is 0 Å². The van der Waals surface area contributed by atoms with Gasteiger partial charge < -0.3 is 4.90 Å². The van der Waals surface area contributed by atoms with E-state index in [-0.39, 0.29) is 17.8 Å². The summed E-state index contributed by atoms with van der Waals surface area (Å²) >= 11 is 5.79. The van der Waals surface area contributed by atoms with E-state index in [4.69, 9.17) is 0 Å². The molecule has 1 heterocycles. The van der Waals surface area contributed by atoms with Crippen LogP contribution >= 0.6 is 38.5 Å². The van der Waals surface area contributed by atoms with E-state index in [1.807, 2.05) is 32.2 Å². The van der Waals surface area contributed by atoms with Crippen LogP contribution < -0.4 is 4.90 Å². The molecule has 0 spiro atoms. The molecule has 2 aromatic carbocycles. The summed E-state index contributed by atoms with van der Waals surface area (Å²) in [5, 5.41) is 0. The van der Waals surface area contributed by atoms with E-state index >= 15 is 0 Å². The number of anilines is 1. The van der Waals surface area contributed by atoms with Gasteiger partial charge in [-0.25, -0.2) is 0 Å². The zero-order chi connectivity index (χ0) is 19.2. The van der Waals surface area contributed by atoms with Gasteiger partial charge in [0.25, 0.3) is 0 Å². The van der Waals surface area contributed by atoms with Gasteiger partial charge in [-0.2, -0.15) is 13.2 Å². The summed E-state index contributed by atoms with van der Waals surface area (Å²) in [5.74, 6) is 0. The van der Waals surface area contributed by atoms with Gasteiger partial charge in [0.15, 0.2) is 0 Å². The molecule has 0 aliphatic carbocycles. The van der Waals surface area contributed by atoms with E-state index in [0.29, 0.717) is 5.56 Å². The normalized spacial score (nSPS) is 18.0. The van der Waals surface area contributed by atoms with Crippen molar-refractivity contribution in [3.05, 3.63) is 60.6 Å². The lowest BCUT2D eigenvalue weighted by molar-refractivity contribution is -0.138. The summed E-state index contributed by atoms with van der Waals surface area (Å²) in [7, 11) is 0. The number of aliphatic imine (C=N–C) groups is 1. The van der Waals surface area contributed by atoms with Gasteiger partial charge in [0.2, 0.25) is 0 Å². The largest absolute Gasteiger partial charge is 0.416 e. The van der Waals surface area contributed by atoms with Crippen molar-refractivity contribution < 1.29 is 13.2 Å². The molecule has 2 nitrogen and oxygen atoms in total. The highest BCUT2D eigenvalue weighted by molar-refractivity contribution is 14.1. The Hall–Kier alpha value is -1.09. The molecule has 1 aliphatic rings. The Labute approximate surface area is 172 Å². The summed E-state index contributed by atoms with van der Waals surface area (Å²) in [5.41, 5.74) is 2.26. The third-order valence-electron chi connectivity index (χ3n) is 4.73. The van der Waals surface area contributed by atoms with Crippen LogP contribution in [0.25, 0.3) is 0 Å². The van der Waals surface area contributed by atoms with Crippen LogP contribution in [0.1, 0.15) is 42.1 Å². The van der Waals surface area contributed by atoms with Gasteiger partial charge in [0.05, 0.1) is 11.6 Å². The maximum atomic E-state index is 13.3. The van der Waals surface area contributed by atoms with Crippen LogP contribution in [0.2, 0.25) is 0 Å². The molecule has 0 bridgehead atoms. The van der Waals surface area contributed by atoms with Gasteiger partial charge in [-0.3, -0.25) is 4.99 Å². The van der Waals surface area contributed by atoms with E-state index in [1.165, 1.54) is 13.0 Å². The Morgan fingerprint density at radius 2 is 1.96 bits per heavy atom. The molecule has 0 saturated carbocycles. The number of halogens is 5. The first kappa shape index (κ1) is 19.7.